The number of benzene rings is 2. The molecule has 0 radical (unpaired) electrons. The van der Waals surface area contributed by atoms with E-state index in [1.54, 1.807) is 13.0 Å². The molecule has 0 saturated carbocycles. The topological polar surface area (TPSA) is 72.2 Å². The molecule has 0 aliphatic heterocycles. The Morgan fingerprint density at radius 3 is 2.38 bits per heavy atom. The molecule has 0 bridgehead atoms. The summed E-state index contributed by atoms with van der Waals surface area (Å²) in [4.78, 5) is 23.4. The van der Waals surface area contributed by atoms with Crippen LogP contribution in [0.2, 0.25) is 5.02 Å². The van der Waals surface area contributed by atoms with Crippen LogP contribution in [0.1, 0.15) is 31.8 Å². The highest BCUT2D eigenvalue weighted by molar-refractivity contribution is 6.31. The first-order chi connectivity index (χ1) is 11.1. The van der Waals surface area contributed by atoms with Crippen molar-refractivity contribution in [3.8, 4) is 0 Å². The molecule has 126 valence electrons. The summed E-state index contributed by atoms with van der Waals surface area (Å²) < 4.78 is 38.5. The van der Waals surface area contributed by atoms with Gasteiger partial charge in [0.25, 0.3) is 5.91 Å². The smallest absolute Gasteiger partial charge is 0.366 e. The minimum absolute atomic E-state index is 0.208. The number of hydrogen-bond donors (Lipinski definition) is 2. The fraction of sp³-hybridized carbons (Fsp3) is 0.125. The second kappa shape index (κ2) is 6.52. The molecule has 0 atom stereocenters. The van der Waals surface area contributed by atoms with E-state index in [2.05, 4.69) is 5.32 Å². The Kier molecular flexibility index (Phi) is 4.84. The number of carbonyl (C=O) groups is 2. The molecule has 0 saturated heterocycles. The van der Waals surface area contributed by atoms with Crippen molar-refractivity contribution in [2.75, 3.05) is 5.32 Å². The number of anilines is 1. The van der Waals surface area contributed by atoms with E-state index in [-0.39, 0.29) is 16.8 Å². The molecule has 3 N–H and O–H groups in total. The van der Waals surface area contributed by atoms with E-state index in [0.29, 0.717) is 11.6 Å². The van der Waals surface area contributed by atoms with E-state index in [4.69, 9.17) is 17.3 Å². The van der Waals surface area contributed by atoms with Gasteiger partial charge in [-0.25, -0.2) is 0 Å². The van der Waals surface area contributed by atoms with Crippen molar-refractivity contribution in [1.29, 1.82) is 0 Å². The molecule has 0 aliphatic rings. The molecule has 24 heavy (non-hydrogen) atoms. The molecule has 0 heterocycles. The molecule has 0 aliphatic carbocycles. The summed E-state index contributed by atoms with van der Waals surface area (Å²) in [5.41, 5.74) is 4.97. The Labute approximate surface area is 140 Å². The Hall–Kier alpha value is -2.54. The number of primary amides is 1. The summed E-state index contributed by atoms with van der Waals surface area (Å²) in [5, 5.41) is 1.93. The number of rotatable bonds is 3. The van der Waals surface area contributed by atoms with E-state index in [1.807, 2.05) is 0 Å². The fourth-order valence-electron chi connectivity index (χ4n) is 2.05. The van der Waals surface area contributed by atoms with Gasteiger partial charge in [0.05, 0.1) is 10.6 Å². The highest BCUT2D eigenvalue weighted by Gasteiger charge is 2.33. The van der Waals surface area contributed by atoms with Crippen molar-refractivity contribution in [2.24, 2.45) is 5.73 Å². The standard InChI is InChI=1S/C16H12ClF3N2O2/c1-8-2-4-10(7-11(8)14(21)23)22-15(24)9-3-5-13(17)12(6-9)16(18,19)20/h2-7H,1H3,(H2,21,23)(H,22,24). The predicted molar refractivity (Wildman–Crippen MR) is 84.1 cm³/mol. The van der Waals surface area contributed by atoms with Crippen LogP contribution in [0.5, 0.6) is 0 Å². The molecule has 0 aromatic heterocycles. The van der Waals surface area contributed by atoms with Gasteiger partial charge in [-0.05, 0) is 42.8 Å². The lowest BCUT2D eigenvalue weighted by molar-refractivity contribution is -0.137. The maximum atomic E-state index is 12.8. The first kappa shape index (κ1) is 17.8. The van der Waals surface area contributed by atoms with Crippen molar-refractivity contribution in [3.63, 3.8) is 0 Å². The number of nitrogens with one attached hydrogen (secondary N) is 1. The number of alkyl halides is 3. The summed E-state index contributed by atoms with van der Waals surface area (Å²) in [7, 11) is 0. The zero-order valence-corrected chi connectivity index (χ0v) is 13.1. The van der Waals surface area contributed by atoms with Crippen LogP contribution in [-0.4, -0.2) is 11.8 Å². The number of halogens is 4. The number of aryl methyl sites for hydroxylation is 1. The van der Waals surface area contributed by atoms with Crippen LogP contribution < -0.4 is 11.1 Å². The van der Waals surface area contributed by atoms with Crippen LogP contribution in [0.25, 0.3) is 0 Å². The van der Waals surface area contributed by atoms with Gasteiger partial charge >= 0.3 is 6.18 Å². The number of hydrogen-bond acceptors (Lipinski definition) is 2. The van der Waals surface area contributed by atoms with Gasteiger partial charge in [0.15, 0.2) is 0 Å². The van der Waals surface area contributed by atoms with Crippen molar-refractivity contribution in [2.45, 2.75) is 13.1 Å². The van der Waals surface area contributed by atoms with Gasteiger partial charge in [-0.1, -0.05) is 17.7 Å². The number of carbonyl (C=O) groups excluding carboxylic acids is 2. The molecule has 0 fully saturated rings. The van der Waals surface area contributed by atoms with E-state index in [9.17, 15) is 22.8 Å². The van der Waals surface area contributed by atoms with Gasteiger partial charge in [0, 0.05) is 16.8 Å². The summed E-state index contributed by atoms with van der Waals surface area (Å²) in [6, 6.07) is 7.29. The lowest BCUT2D eigenvalue weighted by Crippen LogP contribution is -2.16. The molecule has 2 rings (SSSR count). The Morgan fingerprint density at radius 1 is 1.12 bits per heavy atom. The summed E-state index contributed by atoms with van der Waals surface area (Å²) in [6.07, 6.45) is -4.67. The number of amides is 2. The maximum Gasteiger partial charge on any atom is 0.417 e. The third-order valence-electron chi connectivity index (χ3n) is 3.29. The van der Waals surface area contributed by atoms with Gasteiger partial charge in [-0.3, -0.25) is 9.59 Å². The predicted octanol–water partition coefficient (Wildman–Crippen LogP) is 4.02. The van der Waals surface area contributed by atoms with E-state index in [1.165, 1.54) is 18.2 Å². The van der Waals surface area contributed by atoms with Gasteiger partial charge < -0.3 is 11.1 Å². The van der Waals surface area contributed by atoms with Crippen molar-refractivity contribution < 1.29 is 22.8 Å². The zero-order chi connectivity index (χ0) is 18.1. The summed E-state index contributed by atoms with van der Waals surface area (Å²) in [6.45, 7) is 1.67. The third kappa shape index (κ3) is 3.86. The highest BCUT2D eigenvalue weighted by Crippen LogP contribution is 2.35. The van der Waals surface area contributed by atoms with Crippen molar-refractivity contribution >= 4 is 29.1 Å². The second-order valence-corrected chi connectivity index (χ2v) is 5.45. The first-order valence-corrected chi connectivity index (χ1v) is 7.06. The molecule has 2 aromatic carbocycles. The van der Waals surface area contributed by atoms with Gasteiger partial charge in [-0.2, -0.15) is 13.2 Å². The second-order valence-electron chi connectivity index (χ2n) is 5.04. The van der Waals surface area contributed by atoms with E-state index in [0.717, 1.165) is 6.07 Å². The zero-order valence-electron chi connectivity index (χ0n) is 12.4. The minimum atomic E-state index is -4.67. The molecule has 8 heteroatoms. The lowest BCUT2D eigenvalue weighted by atomic mass is 10.1. The largest absolute Gasteiger partial charge is 0.417 e. The summed E-state index contributed by atoms with van der Waals surface area (Å²) in [5.74, 6) is -1.44. The number of nitrogens with two attached hydrogens (primary N) is 1. The van der Waals surface area contributed by atoms with Crippen LogP contribution in [0.15, 0.2) is 36.4 Å². The van der Waals surface area contributed by atoms with E-state index >= 15 is 0 Å². The quantitative estimate of drug-likeness (QED) is 0.871. The SMILES string of the molecule is Cc1ccc(NC(=O)c2ccc(Cl)c(C(F)(F)F)c2)cc1C(N)=O. The molecule has 0 spiro atoms. The Bertz CT molecular complexity index is 819. The average molecular weight is 357 g/mol. The summed E-state index contributed by atoms with van der Waals surface area (Å²) >= 11 is 5.52. The van der Waals surface area contributed by atoms with Crippen LogP contribution in [0, 0.1) is 6.92 Å². The monoisotopic (exact) mass is 356 g/mol. The van der Waals surface area contributed by atoms with Gasteiger partial charge in [0.2, 0.25) is 5.91 Å². The lowest BCUT2D eigenvalue weighted by Gasteiger charge is -2.12. The normalized spacial score (nSPS) is 11.2. The minimum Gasteiger partial charge on any atom is -0.366 e. The van der Waals surface area contributed by atoms with Gasteiger partial charge in [0.1, 0.15) is 0 Å². The Morgan fingerprint density at radius 2 is 1.79 bits per heavy atom. The van der Waals surface area contributed by atoms with E-state index < -0.39 is 28.6 Å². The molecule has 2 aromatic rings. The molecule has 4 nitrogen and oxygen atoms in total. The molecule has 2 amide bonds. The first-order valence-electron chi connectivity index (χ1n) is 6.68. The highest BCUT2D eigenvalue weighted by atomic mass is 35.5. The Balaban J connectivity index is 2.31. The van der Waals surface area contributed by atoms with Crippen LogP contribution >= 0.6 is 11.6 Å². The van der Waals surface area contributed by atoms with Gasteiger partial charge in [-0.15, -0.1) is 0 Å². The molecule has 0 unspecified atom stereocenters. The van der Waals surface area contributed by atoms with Crippen LogP contribution in [0.3, 0.4) is 0 Å². The van der Waals surface area contributed by atoms with Crippen LogP contribution in [0.4, 0.5) is 18.9 Å². The fourth-order valence-corrected chi connectivity index (χ4v) is 2.28. The van der Waals surface area contributed by atoms with Crippen molar-refractivity contribution in [3.05, 3.63) is 63.7 Å². The molecular formula is C16H12ClF3N2O2. The maximum absolute atomic E-state index is 12.8. The van der Waals surface area contributed by atoms with Crippen molar-refractivity contribution in [1.82, 2.24) is 0 Å². The average Bonchev–Trinajstić information content (AvgIpc) is 2.48. The third-order valence-corrected chi connectivity index (χ3v) is 3.62. The van der Waals surface area contributed by atoms with Crippen LogP contribution in [-0.2, 0) is 6.18 Å². The molecular weight excluding hydrogens is 345 g/mol.